The summed E-state index contributed by atoms with van der Waals surface area (Å²) in [5.41, 5.74) is 12.9. The molecule has 1 rings (SSSR count). The molecule has 6 N–H and O–H groups in total. The Kier molecular flexibility index (Phi) is 9.87. The maximum Gasteiger partial charge on any atom is 0.220 e. The number of Topliss-reactive ketones (excluding diaryl/α,β-unsaturated/α-hetero) is 1. The molecule has 8 heteroatoms. The molecule has 0 bridgehead atoms. The summed E-state index contributed by atoms with van der Waals surface area (Å²) in [6.07, 6.45) is 0.786. The second-order valence-corrected chi connectivity index (χ2v) is 6.91. The van der Waals surface area contributed by atoms with Gasteiger partial charge in [-0.15, -0.1) is 10.2 Å². The number of amides is 1. The molecule has 1 atom stereocenters. The zero-order valence-corrected chi connectivity index (χ0v) is 17.2. The SMILES string of the molecule is CCNC(CCC(=O)NCc1ccc(/C(N)=N/N=C(/C)N)cc1)C(=O)C(C)C. The number of rotatable bonds is 11. The van der Waals surface area contributed by atoms with Gasteiger partial charge in [0.2, 0.25) is 5.91 Å². The van der Waals surface area contributed by atoms with Gasteiger partial charge in [0.25, 0.3) is 0 Å². The second kappa shape index (κ2) is 11.9. The fraction of sp³-hybridized carbons (Fsp3) is 0.500. The number of amidine groups is 2. The third-order valence-electron chi connectivity index (χ3n) is 4.08. The predicted molar refractivity (Wildman–Crippen MR) is 113 cm³/mol. The molecule has 1 aromatic rings. The highest BCUT2D eigenvalue weighted by molar-refractivity contribution is 5.97. The van der Waals surface area contributed by atoms with Crippen molar-refractivity contribution >= 4 is 23.4 Å². The molecule has 0 fully saturated rings. The van der Waals surface area contributed by atoms with Crippen molar-refractivity contribution in [1.82, 2.24) is 10.6 Å². The lowest BCUT2D eigenvalue weighted by Gasteiger charge is -2.18. The van der Waals surface area contributed by atoms with Crippen molar-refractivity contribution in [1.29, 1.82) is 0 Å². The number of nitrogens with zero attached hydrogens (tertiary/aromatic N) is 2. The van der Waals surface area contributed by atoms with E-state index in [1.165, 1.54) is 0 Å². The van der Waals surface area contributed by atoms with E-state index in [1.54, 1.807) is 6.92 Å². The summed E-state index contributed by atoms with van der Waals surface area (Å²) >= 11 is 0. The van der Waals surface area contributed by atoms with E-state index in [0.717, 1.165) is 11.1 Å². The Bertz CT molecular complexity index is 706. The second-order valence-electron chi connectivity index (χ2n) is 6.91. The van der Waals surface area contributed by atoms with Crippen LogP contribution in [0.3, 0.4) is 0 Å². The molecule has 1 unspecified atom stereocenters. The molecule has 28 heavy (non-hydrogen) atoms. The molecule has 0 aromatic heterocycles. The fourth-order valence-electron chi connectivity index (χ4n) is 2.54. The first kappa shape index (κ1) is 23.3. The number of hydrogen-bond donors (Lipinski definition) is 4. The minimum Gasteiger partial charge on any atom is -0.386 e. The summed E-state index contributed by atoms with van der Waals surface area (Å²) in [7, 11) is 0. The summed E-state index contributed by atoms with van der Waals surface area (Å²) in [6, 6.07) is 7.06. The third kappa shape index (κ3) is 8.30. The van der Waals surface area contributed by atoms with Crippen LogP contribution in [0.5, 0.6) is 0 Å². The highest BCUT2D eigenvalue weighted by Crippen LogP contribution is 2.08. The van der Waals surface area contributed by atoms with Gasteiger partial charge in [0.15, 0.2) is 11.6 Å². The molecule has 8 nitrogen and oxygen atoms in total. The van der Waals surface area contributed by atoms with Crippen molar-refractivity contribution in [2.75, 3.05) is 6.54 Å². The van der Waals surface area contributed by atoms with E-state index in [0.29, 0.717) is 31.8 Å². The van der Waals surface area contributed by atoms with Gasteiger partial charge >= 0.3 is 0 Å². The maximum absolute atomic E-state index is 12.2. The molecule has 0 saturated carbocycles. The van der Waals surface area contributed by atoms with Crippen molar-refractivity contribution in [3.05, 3.63) is 35.4 Å². The molecular weight excluding hydrogens is 356 g/mol. The molecule has 0 aliphatic carbocycles. The number of ketones is 1. The average Bonchev–Trinajstić information content (AvgIpc) is 2.67. The molecule has 0 saturated heterocycles. The standard InChI is InChI=1S/C20H32N6O2/c1-5-23-17(19(28)13(2)3)10-11-18(27)24-12-15-6-8-16(9-7-15)20(22)26-25-14(4)21/h6-9,13,17,23H,5,10-12H2,1-4H3,(H2,21,25)(H2,22,26)(H,24,27). The average molecular weight is 389 g/mol. The van der Waals surface area contributed by atoms with E-state index < -0.39 is 0 Å². The van der Waals surface area contributed by atoms with E-state index in [2.05, 4.69) is 20.8 Å². The van der Waals surface area contributed by atoms with Crippen molar-refractivity contribution < 1.29 is 9.59 Å². The van der Waals surface area contributed by atoms with Crippen molar-refractivity contribution in [3.63, 3.8) is 0 Å². The van der Waals surface area contributed by atoms with Gasteiger partial charge in [-0.1, -0.05) is 45.0 Å². The van der Waals surface area contributed by atoms with Gasteiger partial charge < -0.3 is 22.1 Å². The number of carbonyl (C=O) groups excluding carboxylic acids is 2. The number of nitrogens with one attached hydrogen (secondary N) is 2. The van der Waals surface area contributed by atoms with E-state index in [9.17, 15) is 9.59 Å². The van der Waals surface area contributed by atoms with Crippen LogP contribution in [0.1, 0.15) is 51.7 Å². The molecule has 0 radical (unpaired) electrons. The number of nitrogens with two attached hydrogens (primary N) is 2. The van der Waals surface area contributed by atoms with Gasteiger partial charge in [0.05, 0.1) is 6.04 Å². The topological polar surface area (TPSA) is 135 Å². The smallest absolute Gasteiger partial charge is 0.220 e. The van der Waals surface area contributed by atoms with Crippen molar-refractivity contribution in [2.24, 2.45) is 27.6 Å². The molecule has 0 heterocycles. The lowest BCUT2D eigenvalue weighted by atomic mass is 9.98. The zero-order valence-electron chi connectivity index (χ0n) is 17.2. The Balaban J connectivity index is 2.53. The van der Waals surface area contributed by atoms with Gasteiger partial charge in [0.1, 0.15) is 5.84 Å². The van der Waals surface area contributed by atoms with Gasteiger partial charge in [-0.2, -0.15) is 0 Å². The number of carbonyl (C=O) groups is 2. The van der Waals surface area contributed by atoms with Crippen LogP contribution in [0.15, 0.2) is 34.5 Å². The third-order valence-corrected chi connectivity index (χ3v) is 4.08. The van der Waals surface area contributed by atoms with Crippen LogP contribution in [0.4, 0.5) is 0 Å². The van der Waals surface area contributed by atoms with Crippen LogP contribution >= 0.6 is 0 Å². The van der Waals surface area contributed by atoms with Gasteiger partial charge in [-0.25, -0.2) is 0 Å². The summed E-state index contributed by atoms with van der Waals surface area (Å²) in [5, 5.41) is 13.6. The van der Waals surface area contributed by atoms with Crippen LogP contribution in [0, 0.1) is 5.92 Å². The Morgan fingerprint density at radius 2 is 1.75 bits per heavy atom. The van der Waals surface area contributed by atoms with E-state index in [4.69, 9.17) is 11.5 Å². The number of benzene rings is 1. The molecule has 1 amide bonds. The van der Waals surface area contributed by atoms with Crippen molar-refractivity contribution in [3.8, 4) is 0 Å². The highest BCUT2D eigenvalue weighted by Gasteiger charge is 2.20. The lowest BCUT2D eigenvalue weighted by Crippen LogP contribution is -2.40. The zero-order chi connectivity index (χ0) is 21.1. The Hall–Kier alpha value is -2.74. The quantitative estimate of drug-likeness (QED) is 0.257. The minimum atomic E-state index is -0.280. The predicted octanol–water partition coefficient (Wildman–Crippen LogP) is 1.28. The van der Waals surface area contributed by atoms with Gasteiger partial charge in [-0.3, -0.25) is 9.59 Å². The minimum absolute atomic E-state index is 0.0546. The van der Waals surface area contributed by atoms with E-state index in [-0.39, 0.29) is 29.5 Å². The van der Waals surface area contributed by atoms with Crippen LogP contribution in [-0.2, 0) is 16.1 Å². The maximum atomic E-state index is 12.2. The fourth-order valence-corrected chi connectivity index (χ4v) is 2.54. The van der Waals surface area contributed by atoms with Gasteiger partial charge in [0, 0.05) is 24.4 Å². The first-order valence-corrected chi connectivity index (χ1v) is 9.50. The van der Waals surface area contributed by atoms with E-state index in [1.807, 2.05) is 45.0 Å². The Labute approximate surface area is 166 Å². The summed E-state index contributed by atoms with van der Waals surface area (Å²) in [5.74, 6) is 0.593. The highest BCUT2D eigenvalue weighted by atomic mass is 16.1. The van der Waals surface area contributed by atoms with Crippen LogP contribution in [-0.4, -0.2) is 35.9 Å². The van der Waals surface area contributed by atoms with Crippen LogP contribution in [0.2, 0.25) is 0 Å². The largest absolute Gasteiger partial charge is 0.386 e. The van der Waals surface area contributed by atoms with Gasteiger partial charge in [-0.05, 0) is 25.5 Å². The number of likely N-dealkylation sites (N-methyl/N-ethyl adjacent to an activating group) is 1. The summed E-state index contributed by atoms with van der Waals surface area (Å²) < 4.78 is 0. The Morgan fingerprint density at radius 3 is 2.29 bits per heavy atom. The molecule has 154 valence electrons. The molecular formula is C20H32N6O2. The van der Waals surface area contributed by atoms with E-state index >= 15 is 0 Å². The Morgan fingerprint density at radius 1 is 1.11 bits per heavy atom. The molecule has 0 spiro atoms. The molecule has 1 aromatic carbocycles. The summed E-state index contributed by atoms with van der Waals surface area (Å²) in [4.78, 5) is 24.3. The normalized spacial score (nSPS) is 13.5. The van der Waals surface area contributed by atoms with Crippen molar-refractivity contribution in [2.45, 2.75) is 53.1 Å². The van der Waals surface area contributed by atoms with Crippen LogP contribution in [0.25, 0.3) is 0 Å². The first-order valence-electron chi connectivity index (χ1n) is 9.50. The number of hydrogen-bond acceptors (Lipinski definition) is 5. The lowest BCUT2D eigenvalue weighted by molar-refractivity contribution is -0.124. The molecule has 0 aliphatic rings. The molecule has 0 aliphatic heterocycles. The van der Waals surface area contributed by atoms with Crippen LogP contribution < -0.4 is 22.1 Å². The summed E-state index contributed by atoms with van der Waals surface area (Å²) in [6.45, 7) is 8.42. The first-order chi connectivity index (χ1) is 13.2. The monoisotopic (exact) mass is 388 g/mol.